The number of nitrogens with two attached hydrogens (primary N) is 1. The van der Waals surface area contributed by atoms with Crippen LogP contribution < -0.4 is 5.73 Å². The van der Waals surface area contributed by atoms with Crippen LogP contribution in [0.4, 0.5) is 0 Å². The van der Waals surface area contributed by atoms with Crippen molar-refractivity contribution >= 4 is 19.4 Å². The predicted octanol–water partition coefficient (Wildman–Crippen LogP) is -0.00850. The summed E-state index contributed by atoms with van der Waals surface area (Å²) in [6, 6.07) is 0. The number of hydrogen-bond donors (Lipinski definition) is 2. The maximum atomic E-state index is 10.2. The van der Waals surface area contributed by atoms with E-state index in [1.54, 1.807) is 0 Å². The summed E-state index contributed by atoms with van der Waals surface area (Å²) in [5.74, 6) is -0.323. The number of amides is 1. The van der Waals surface area contributed by atoms with Gasteiger partial charge < -0.3 is 10.8 Å². The zero-order chi connectivity index (χ0) is 7.44. The average molecular weight is 165 g/mol. The largest absolute Gasteiger partial charge is 0.383 e. The van der Waals surface area contributed by atoms with Crippen LogP contribution in [0.3, 0.4) is 0 Å². The Bertz CT molecular complexity index is 106. The summed E-state index contributed by atoms with van der Waals surface area (Å²) in [7, 11) is 0. The lowest BCUT2D eigenvalue weighted by atomic mass is 10.1. The van der Waals surface area contributed by atoms with Crippen LogP contribution in [0.15, 0.2) is 0 Å². The van der Waals surface area contributed by atoms with Gasteiger partial charge in [-0.1, -0.05) is 13.8 Å². The van der Waals surface area contributed by atoms with Crippen LogP contribution in [0.1, 0.15) is 20.3 Å². The molecule has 0 unspecified atom stereocenters. The highest BCUT2D eigenvalue weighted by Crippen LogP contribution is 2.02. The van der Waals surface area contributed by atoms with Crippen molar-refractivity contribution in [2.75, 3.05) is 0 Å². The smallest absolute Gasteiger partial charge is 0.246 e. The summed E-state index contributed by atoms with van der Waals surface area (Å²) in [5.41, 5.74) is 4.80. The van der Waals surface area contributed by atoms with Gasteiger partial charge >= 0.3 is 0 Å². The Labute approximate surface area is 68.1 Å². The fourth-order valence-electron chi connectivity index (χ4n) is 0.563. The molecular formula is C6H15NO2S. The molecule has 0 fully saturated rings. The molecule has 0 rings (SSSR count). The van der Waals surface area contributed by atoms with Gasteiger partial charge in [-0.3, -0.25) is 4.79 Å². The van der Waals surface area contributed by atoms with Crippen molar-refractivity contribution < 1.29 is 9.90 Å². The second kappa shape index (κ2) is 5.56. The van der Waals surface area contributed by atoms with Crippen molar-refractivity contribution in [2.45, 2.75) is 26.4 Å². The lowest BCUT2D eigenvalue weighted by Gasteiger charge is -2.07. The second-order valence-corrected chi connectivity index (χ2v) is 2.55. The van der Waals surface area contributed by atoms with E-state index in [0.29, 0.717) is 12.3 Å². The van der Waals surface area contributed by atoms with Gasteiger partial charge in [-0.25, -0.2) is 0 Å². The minimum Gasteiger partial charge on any atom is -0.383 e. The van der Waals surface area contributed by atoms with Gasteiger partial charge in [0, 0.05) is 0 Å². The molecule has 4 heteroatoms. The number of carbonyl (C=O) groups excluding carboxylic acids is 1. The lowest BCUT2D eigenvalue weighted by Crippen LogP contribution is -2.29. The Morgan fingerprint density at radius 2 is 2.00 bits per heavy atom. The van der Waals surface area contributed by atoms with Gasteiger partial charge in [0.2, 0.25) is 5.91 Å². The molecule has 1 amide bonds. The molecule has 0 aliphatic heterocycles. The third-order valence-electron chi connectivity index (χ3n) is 1.02. The van der Waals surface area contributed by atoms with Crippen molar-refractivity contribution in [1.29, 1.82) is 0 Å². The van der Waals surface area contributed by atoms with Crippen LogP contribution in [0.5, 0.6) is 0 Å². The molecule has 0 heterocycles. The van der Waals surface area contributed by atoms with Crippen LogP contribution in [-0.4, -0.2) is 17.1 Å². The van der Waals surface area contributed by atoms with Crippen LogP contribution >= 0.6 is 13.5 Å². The first-order valence-corrected chi connectivity index (χ1v) is 3.01. The Balaban J connectivity index is 0. The van der Waals surface area contributed by atoms with E-state index in [4.69, 9.17) is 10.8 Å². The summed E-state index contributed by atoms with van der Waals surface area (Å²) < 4.78 is 0. The molecule has 10 heavy (non-hydrogen) atoms. The normalized spacial score (nSPS) is 12.4. The van der Waals surface area contributed by atoms with Crippen molar-refractivity contribution in [2.24, 2.45) is 11.7 Å². The SMILES string of the molecule is CC(C)C[C@H](O)C(N)=O.S. The molecule has 0 radical (unpaired) electrons. The second-order valence-electron chi connectivity index (χ2n) is 2.55. The monoisotopic (exact) mass is 165 g/mol. The molecule has 0 aliphatic rings. The molecule has 0 bridgehead atoms. The van der Waals surface area contributed by atoms with Gasteiger partial charge in [-0.05, 0) is 12.3 Å². The molecule has 1 atom stereocenters. The molecule has 0 spiro atoms. The summed E-state index contributed by atoms with van der Waals surface area (Å²) in [6.45, 7) is 3.85. The van der Waals surface area contributed by atoms with Gasteiger partial charge in [0.15, 0.2) is 0 Å². The first kappa shape index (κ1) is 12.5. The van der Waals surface area contributed by atoms with Crippen molar-refractivity contribution in [3.63, 3.8) is 0 Å². The van der Waals surface area contributed by atoms with E-state index in [2.05, 4.69) is 0 Å². The van der Waals surface area contributed by atoms with E-state index in [1.807, 2.05) is 13.8 Å². The molecule has 0 saturated carbocycles. The highest BCUT2D eigenvalue weighted by molar-refractivity contribution is 7.59. The van der Waals surface area contributed by atoms with E-state index >= 15 is 0 Å². The zero-order valence-electron chi connectivity index (χ0n) is 6.29. The van der Waals surface area contributed by atoms with E-state index < -0.39 is 12.0 Å². The van der Waals surface area contributed by atoms with Crippen LogP contribution in [-0.2, 0) is 4.79 Å². The van der Waals surface area contributed by atoms with Gasteiger partial charge in [-0.15, -0.1) is 0 Å². The number of aliphatic hydroxyl groups excluding tert-OH is 1. The Morgan fingerprint density at radius 3 is 2.10 bits per heavy atom. The molecule has 3 N–H and O–H groups in total. The molecule has 0 aromatic carbocycles. The molecule has 0 aromatic heterocycles. The van der Waals surface area contributed by atoms with Crippen LogP contribution in [0.2, 0.25) is 0 Å². The minimum absolute atomic E-state index is 0. The van der Waals surface area contributed by atoms with Gasteiger partial charge in [0.25, 0.3) is 0 Å². The summed E-state index contributed by atoms with van der Waals surface area (Å²) in [4.78, 5) is 10.2. The topological polar surface area (TPSA) is 63.3 Å². The van der Waals surface area contributed by atoms with Crippen molar-refractivity contribution in [3.05, 3.63) is 0 Å². The maximum absolute atomic E-state index is 10.2. The number of carbonyl (C=O) groups is 1. The first-order valence-electron chi connectivity index (χ1n) is 3.01. The maximum Gasteiger partial charge on any atom is 0.246 e. The summed E-state index contributed by atoms with van der Waals surface area (Å²) in [6.07, 6.45) is -0.514. The van der Waals surface area contributed by atoms with Crippen LogP contribution in [0, 0.1) is 5.92 Å². The first-order chi connectivity index (χ1) is 4.04. The van der Waals surface area contributed by atoms with E-state index in [1.165, 1.54) is 0 Å². The highest BCUT2D eigenvalue weighted by Gasteiger charge is 2.11. The number of rotatable bonds is 3. The van der Waals surface area contributed by atoms with Crippen LogP contribution in [0.25, 0.3) is 0 Å². The third kappa shape index (κ3) is 5.91. The Kier molecular flexibility index (Phi) is 6.92. The molecule has 62 valence electrons. The van der Waals surface area contributed by atoms with E-state index in [9.17, 15) is 4.79 Å². The number of hydrogen-bond acceptors (Lipinski definition) is 2. The Morgan fingerprint density at radius 1 is 1.60 bits per heavy atom. The standard InChI is InChI=1S/C6H13NO2.H2S/c1-4(2)3-5(8)6(7)9;/h4-5,8H,3H2,1-2H3,(H2,7,9);1H2/t5-;/m0./s1. The lowest BCUT2D eigenvalue weighted by molar-refractivity contribution is -0.126. The number of aliphatic hydroxyl groups is 1. The predicted molar refractivity (Wildman–Crippen MR) is 45.0 cm³/mol. The van der Waals surface area contributed by atoms with Crippen molar-refractivity contribution in [1.82, 2.24) is 0 Å². The molecule has 0 aliphatic carbocycles. The van der Waals surface area contributed by atoms with Gasteiger partial charge in [0.1, 0.15) is 6.10 Å². The quantitative estimate of drug-likeness (QED) is 0.618. The minimum atomic E-state index is -0.968. The molecule has 0 aromatic rings. The van der Waals surface area contributed by atoms with Gasteiger partial charge in [0.05, 0.1) is 0 Å². The third-order valence-corrected chi connectivity index (χ3v) is 1.02. The van der Waals surface area contributed by atoms with E-state index in [-0.39, 0.29) is 13.5 Å². The molecule has 0 saturated heterocycles. The average Bonchev–Trinajstić information content (AvgIpc) is 1.63. The fourth-order valence-corrected chi connectivity index (χ4v) is 0.563. The Hall–Kier alpha value is -0.220. The van der Waals surface area contributed by atoms with Gasteiger partial charge in [-0.2, -0.15) is 13.5 Å². The van der Waals surface area contributed by atoms with Crippen molar-refractivity contribution in [3.8, 4) is 0 Å². The molecule has 3 nitrogen and oxygen atoms in total. The summed E-state index contributed by atoms with van der Waals surface area (Å²) >= 11 is 0. The number of primary amides is 1. The van der Waals surface area contributed by atoms with E-state index in [0.717, 1.165) is 0 Å². The molecular weight excluding hydrogens is 150 g/mol. The fraction of sp³-hybridized carbons (Fsp3) is 0.833. The highest BCUT2D eigenvalue weighted by atomic mass is 32.1. The summed E-state index contributed by atoms with van der Waals surface area (Å²) in [5, 5.41) is 8.82. The zero-order valence-corrected chi connectivity index (χ0v) is 7.29.